The number of rotatable bonds is 12. The minimum Gasteiger partial charge on any atom is -0.474 e. The molecule has 1 unspecified atom stereocenters. The summed E-state index contributed by atoms with van der Waals surface area (Å²) in [5.74, 6) is 1.79. The zero-order valence-corrected chi connectivity index (χ0v) is 27.1. The molecule has 1 saturated carbocycles. The molecule has 3 aliphatic rings. The van der Waals surface area contributed by atoms with E-state index in [0.717, 1.165) is 105 Å². The first-order chi connectivity index (χ1) is 22.5. The molecule has 11 heteroatoms. The fourth-order valence-electron chi connectivity index (χ4n) is 6.53. The van der Waals surface area contributed by atoms with Crippen molar-refractivity contribution in [2.45, 2.75) is 96.0 Å². The number of ether oxygens (including phenoxy) is 3. The Morgan fingerprint density at radius 1 is 1.09 bits per heavy atom. The highest BCUT2D eigenvalue weighted by molar-refractivity contribution is 7.99. The first-order valence-corrected chi connectivity index (χ1v) is 17.9. The van der Waals surface area contributed by atoms with Crippen molar-refractivity contribution in [3.63, 3.8) is 0 Å². The Hall–Kier alpha value is -3.15. The van der Waals surface area contributed by atoms with Crippen molar-refractivity contribution >= 4 is 40.1 Å². The molecule has 1 atom stereocenters. The highest BCUT2D eigenvalue weighted by Gasteiger charge is 2.24. The van der Waals surface area contributed by atoms with Crippen molar-refractivity contribution in [1.82, 2.24) is 14.8 Å². The topological polar surface area (TPSA) is 105 Å². The number of amides is 1. The number of Topliss-reactive ketones (excluding diaryl/α,β-unsaturated/α-hetero) is 1. The maximum Gasteiger partial charge on any atom is 0.298 e. The van der Waals surface area contributed by atoms with E-state index in [0.29, 0.717) is 37.6 Å². The number of aromatic nitrogens is 3. The van der Waals surface area contributed by atoms with Gasteiger partial charge < -0.3 is 14.2 Å². The number of para-hydroxylation sites is 1. The molecule has 9 nitrogen and oxygen atoms in total. The lowest BCUT2D eigenvalue weighted by molar-refractivity contribution is -0.163. The molecule has 3 fully saturated rings. The minimum atomic E-state index is -0.526. The van der Waals surface area contributed by atoms with Gasteiger partial charge in [0.25, 0.3) is 5.91 Å². The molecule has 246 valence electrons. The summed E-state index contributed by atoms with van der Waals surface area (Å²) in [6, 6.07) is 9.00. The Balaban J connectivity index is 0.985. The van der Waals surface area contributed by atoms with Crippen molar-refractivity contribution in [3.8, 4) is 5.88 Å². The van der Waals surface area contributed by atoms with Gasteiger partial charge >= 0.3 is 0 Å². The number of halogens is 1. The molecule has 0 bridgehead atoms. The summed E-state index contributed by atoms with van der Waals surface area (Å²) in [4.78, 5) is 35.0. The molecule has 1 amide bonds. The molecule has 0 N–H and O–H groups in total. The molecule has 1 aromatic carbocycles. The fourth-order valence-corrected chi connectivity index (χ4v) is 7.60. The van der Waals surface area contributed by atoms with Crippen LogP contribution in [0.3, 0.4) is 0 Å². The van der Waals surface area contributed by atoms with E-state index in [9.17, 15) is 14.0 Å². The lowest BCUT2D eigenvalue weighted by Crippen LogP contribution is -2.24. The molecule has 1 aliphatic carbocycles. The van der Waals surface area contributed by atoms with Gasteiger partial charge in [-0.15, -0.1) is 0 Å². The molecule has 2 aliphatic heterocycles. The molecular formula is C35H43FN4O5S. The molecule has 4 heterocycles. The third-order valence-corrected chi connectivity index (χ3v) is 10.2. The zero-order chi connectivity index (χ0) is 31.7. The quantitative estimate of drug-likeness (QED) is 0.189. The number of carbonyl (C=O) groups excluding carboxylic acids is 2. The van der Waals surface area contributed by atoms with Crippen LogP contribution in [0, 0.1) is 11.7 Å². The van der Waals surface area contributed by atoms with Crippen LogP contribution in [0.2, 0.25) is 0 Å². The van der Waals surface area contributed by atoms with Gasteiger partial charge in [-0.3, -0.25) is 14.3 Å². The Morgan fingerprint density at radius 3 is 2.72 bits per heavy atom. The minimum absolute atomic E-state index is 0.0197. The van der Waals surface area contributed by atoms with Gasteiger partial charge in [-0.1, -0.05) is 18.2 Å². The number of aliphatic imine (C=N–C) groups is 1. The number of hydrogen-bond donors (Lipinski definition) is 0. The highest BCUT2D eigenvalue weighted by Crippen LogP contribution is 2.30. The van der Waals surface area contributed by atoms with E-state index < -0.39 is 5.82 Å². The van der Waals surface area contributed by atoms with Crippen LogP contribution < -0.4 is 4.74 Å². The summed E-state index contributed by atoms with van der Waals surface area (Å²) in [5, 5.41) is 5.44. The van der Waals surface area contributed by atoms with E-state index in [1.807, 2.05) is 40.7 Å². The van der Waals surface area contributed by atoms with Crippen LogP contribution in [-0.4, -0.2) is 69.3 Å². The van der Waals surface area contributed by atoms with E-state index in [2.05, 4.69) is 15.1 Å². The molecule has 0 spiro atoms. The molecule has 6 rings (SSSR count). The van der Waals surface area contributed by atoms with E-state index >= 15 is 0 Å². The second-order valence-electron chi connectivity index (χ2n) is 12.4. The normalized spacial score (nSPS) is 20.9. The Bertz CT molecular complexity index is 1520. The number of nitrogens with zero attached hydrogens (tertiary/aromatic N) is 4. The SMILES string of the molecule is O=C(CCCC1CCC(=NC(=O)c2nn(CCOC3CCCCO3)c3ccccc23)CC1)c1cc(F)cnc1OC1CCSCC1. The summed E-state index contributed by atoms with van der Waals surface area (Å²) in [6.07, 6.45) is 11.2. The maximum atomic E-state index is 14.0. The van der Waals surface area contributed by atoms with Gasteiger partial charge in [0.05, 0.1) is 30.4 Å². The predicted molar refractivity (Wildman–Crippen MR) is 176 cm³/mol. The van der Waals surface area contributed by atoms with Crippen LogP contribution in [0.15, 0.2) is 41.5 Å². The van der Waals surface area contributed by atoms with E-state index in [1.54, 1.807) is 0 Å². The fraction of sp³-hybridized carbons (Fsp3) is 0.571. The van der Waals surface area contributed by atoms with Crippen LogP contribution in [0.25, 0.3) is 10.9 Å². The number of pyridine rings is 1. The van der Waals surface area contributed by atoms with Crippen LogP contribution in [0.1, 0.15) is 97.9 Å². The third kappa shape index (κ3) is 8.60. The Morgan fingerprint density at radius 2 is 1.91 bits per heavy atom. The van der Waals surface area contributed by atoms with Gasteiger partial charge in [0.1, 0.15) is 11.9 Å². The summed E-state index contributed by atoms with van der Waals surface area (Å²) < 4.78 is 33.4. The second-order valence-corrected chi connectivity index (χ2v) is 13.7. The van der Waals surface area contributed by atoms with Crippen molar-refractivity contribution in [1.29, 1.82) is 0 Å². The van der Waals surface area contributed by atoms with Gasteiger partial charge in [-0.25, -0.2) is 14.4 Å². The van der Waals surface area contributed by atoms with Crippen molar-refractivity contribution in [3.05, 3.63) is 53.6 Å². The monoisotopic (exact) mass is 650 g/mol. The molecule has 0 radical (unpaired) electrons. The Labute approximate surface area is 273 Å². The summed E-state index contributed by atoms with van der Waals surface area (Å²) in [5.41, 5.74) is 2.41. The van der Waals surface area contributed by atoms with Crippen LogP contribution in [0.4, 0.5) is 4.39 Å². The molecule has 2 aromatic heterocycles. The van der Waals surface area contributed by atoms with E-state index in [4.69, 9.17) is 14.2 Å². The Kier molecular flexibility index (Phi) is 11.5. The average Bonchev–Trinajstić information content (AvgIpc) is 3.46. The van der Waals surface area contributed by atoms with Crippen molar-refractivity contribution in [2.24, 2.45) is 10.9 Å². The molecular weight excluding hydrogens is 607 g/mol. The highest BCUT2D eigenvalue weighted by atomic mass is 32.2. The van der Waals surface area contributed by atoms with Gasteiger partial charge in [-0.05, 0) is 100 Å². The van der Waals surface area contributed by atoms with Gasteiger partial charge in [0.2, 0.25) is 5.88 Å². The molecule has 3 aromatic rings. The number of benzene rings is 1. The maximum absolute atomic E-state index is 14.0. The standard InChI is InChI=1S/C35H43FN4O5S/c36-25-22-29(35(37-23-25)45-27-15-20-46-21-16-27)31(41)9-5-6-24-11-13-26(14-12-24)38-34(42)33-28-7-1-2-8-30(28)40(39-33)17-19-44-32-10-3-4-18-43-32/h1-2,7-8,22-24,27,32H,3-6,9-21H2. The number of hydrogen-bond acceptors (Lipinski definition) is 8. The summed E-state index contributed by atoms with van der Waals surface area (Å²) >= 11 is 1.89. The molecule has 46 heavy (non-hydrogen) atoms. The van der Waals surface area contributed by atoms with E-state index in [1.165, 1.54) is 6.07 Å². The average molecular weight is 651 g/mol. The zero-order valence-electron chi connectivity index (χ0n) is 26.3. The number of ketones is 1. The third-order valence-electron chi connectivity index (χ3n) is 9.13. The second kappa shape index (κ2) is 16.1. The first kappa shape index (κ1) is 32.8. The van der Waals surface area contributed by atoms with Crippen molar-refractivity contribution < 1.29 is 28.2 Å². The predicted octanol–water partition coefficient (Wildman–Crippen LogP) is 7.21. The van der Waals surface area contributed by atoms with Gasteiger partial charge in [-0.2, -0.15) is 16.9 Å². The first-order valence-electron chi connectivity index (χ1n) is 16.8. The summed E-state index contributed by atoms with van der Waals surface area (Å²) in [6.45, 7) is 1.72. The van der Waals surface area contributed by atoms with Gasteiger partial charge in [0.15, 0.2) is 17.8 Å². The number of thioether (sulfide) groups is 1. The largest absolute Gasteiger partial charge is 0.474 e. The van der Waals surface area contributed by atoms with E-state index in [-0.39, 0.29) is 35.5 Å². The molecule has 2 saturated heterocycles. The van der Waals surface area contributed by atoms with Crippen LogP contribution in [0.5, 0.6) is 5.88 Å². The number of fused-ring (bicyclic) bond motifs is 1. The smallest absolute Gasteiger partial charge is 0.298 e. The van der Waals surface area contributed by atoms with Gasteiger partial charge in [0, 0.05) is 24.1 Å². The van der Waals surface area contributed by atoms with Crippen molar-refractivity contribution in [2.75, 3.05) is 24.7 Å². The van der Waals surface area contributed by atoms with Crippen LogP contribution >= 0.6 is 11.8 Å². The lowest BCUT2D eigenvalue weighted by atomic mass is 9.84. The summed E-state index contributed by atoms with van der Waals surface area (Å²) in [7, 11) is 0. The lowest BCUT2D eigenvalue weighted by Gasteiger charge is -2.23. The number of carbonyl (C=O) groups is 2. The van der Waals surface area contributed by atoms with Crippen LogP contribution in [-0.2, 0) is 16.0 Å².